The molecule has 0 aromatic heterocycles. The molecular formula is C29H27ClN2O6. The molecule has 0 saturated carbocycles. The number of rotatable bonds is 4. The van der Waals surface area contributed by atoms with E-state index in [1.165, 1.54) is 4.90 Å². The van der Waals surface area contributed by atoms with Crippen LogP contribution in [-0.2, 0) is 23.9 Å². The first kappa shape index (κ1) is 24.9. The molecule has 2 saturated heterocycles. The molecule has 196 valence electrons. The van der Waals surface area contributed by atoms with Gasteiger partial charge in [-0.25, -0.2) is 0 Å². The van der Waals surface area contributed by atoms with Crippen molar-refractivity contribution in [2.24, 2.45) is 11.8 Å². The molecule has 1 N–H and O–H groups in total. The highest BCUT2D eigenvalue weighted by atomic mass is 35.5. The minimum atomic E-state index is -1.45. The smallest absolute Gasteiger partial charge is 0.313 e. The van der Waals surface area contributed by atoms with Crippen LogP contribution in [0.3, 0.4) is 0 Å². The first-order valence-electron chi connectivity index (χ1n) is 12.6. The van der Waals surface area contributed by atoms with Crippen molar-refractivity contribution >= 4 is 35.1 Å². The molecule has 0 radical (unpaired) electrons. The molecule has 8 nitrogen and oxygen atoms in total. The molecule has 2 fully saturated rings. The molecule has 4 heterocycles. The number of likely N-dealkylation sites (tertiary alicyclic amines) is 1. The van der Waals surface area contributed by atoms with E-state index in [1.807, 2.05) is 18.2 Å². The summed E-state index contributed by atoms with van der Waals surface area (Å²) in [5.41, 5.74) is -1.32. The number of aliphatic hydroxyl groups is 1. The maximum atomic E-state index is 14.5. The number of hydrogen-bond donors (Lipinski definition) is 1. The van der Waals surface area contributed by atoms with E-state index in [0.717, 1.165) is 0 Å². The fourth-order valence-electron chi connectivity index (χ4n) is 6.51. The molecule has 1 spiro atoms. The predicted molar refractivity (Wildman–Crippen MR) is 139 cm³/mol. The zero-order valence-electron chi connectivity index (χ0n) is 20.7. The highest BCUT2D eigenvalue weighted by Gasteiger charge is 2.75. The van der Waals surface area contributed by atoms with Gasteiger partial charge in [0.05, 0.1) is 24.2 Å². The van der Waals surface area contributed by atoms with Gasteiger partial charge in [0.2, 0.25) is 5.91 Å². The quantitative estimate of drug-likeness (QED) is 0.478. The first-order valence-corrected chi connectivity index (χ1v) is 13.0. The number of nitrogens with zero attached hydrogens (tertiary/aromatic N) is 2. The van der Waals surface area contributed by atoms with Gasteiger partial charge in [-0.2, -0.15) is 0 Å². The number of carbonyl (C=O) groups excluding carboxylic acids is 3. The van der Waals surface area contributed by atoms with Crippen molar-refractivity contribution in [3.8, 4) is 0 Å². The predicted octanol–water partition coefficient (Wildman–Crippen LogP) is 3.06. The molecule has 2 aromatic carbocycles. The number of aliphatic hydroxyl groups excluding tert-OH is 1. The summed E-state index contributed by atoms with van der Waals surface area (Å²) in [4.78, 5) is 45.1. The summed E-state index contributed by atoms with van der Waals surface area (Å²) >= 11 is 6.09. The summed E-state index contributed by atoms with van der Waals surface area (Å²) in [6.45, 7) is 1.65. The number of hydrogen-bond acceptors (Lipinski definition) is 6. The number of ether oxygens (including phenoxy) is 2. The van der Waals surface area contributed by atoms with Gasteiger partial charge in [0.1, 0.15) is 24.2 Å². The van der Waals surface area contributed by atoms with Gasteiger partial charge in [0.25, 0.3) is 5.91 Å². The lowest BCUT2D eigenvalue weighted by Crippen LogP contribution is -2.57. The molecule has 1 unspecified atom stereocenters. The Labute approximate surface area is 225 Å². The van der Waals surface area contributed by atoms with E-state index in [0.29, 0.717) is 16.3 Å². The highest BCUT2D eigenvalue weighted by molar-refractivity contribution is 6.30. The molecule has 4 aliphatic rings. The Balaban J connectivity index is 1.54. The Hall–Kier alpha value is -3.46. The molecular weight excluding hydrogens is 508 g/mol. The standard InChI is InChI=1S/C29H27ClN2O6/c1-28-13-6-16-37-27(36)23(28)22-25(34)32(21(17-33)18-7-3-2-4-8-18)24-26(35)31(15-5-14-29(22,24)38-28)20-11-9-19(30)10-12-20/h2-14,21-24,33H,15-17H2,1H3/t21-,22+,23-,24?,28+,29+/m1/s1. The van der Waals surface area contributed by atoms with Gasteiger partial charge in [-0.1, -0.05) is 60.2 Å². The van der Waals surface area contributed by atoms with E-state index in [9.17, 15) is 19.5 Å². The van der Waals surface area contributed by atoms with Gasteiger partial charge in [-0.05, 0) is 42.8 Å². The second kappa shape index (κ2) is 9.08. The lowest BCUT2D eigenvalue weighted by Gasteiger charge is -2.40. The Morgan fingerprint density at radius 1 is 1.00 bits per heavy atom. The average molecular weight is 535 g/mol. The molecule has 2 amide bonds. The number of amides is 2. The maximum absolute atomic E-state index is 14.5. The van der Waals surface area contributed by atoms with Crippen LogP contribution in [0.4, 0.5) is 5.69 Å². The second-order valence-electron chi connectivity index (χ2n) is 10.2. The van der Waals surface area contributed by atoms with Crippen molar-refractivity contribution in [3.63, 3.8) is 0 Å². The molecule has 0 aliphatic carbocycles. The van der Waals surface area contributed by atoms with Crippen molar-refractivity contribution in [1.82, 2.24) is 4.90 Å². The van der Waals surface area contributed by atoms with E-state index in [2.05, 4.69) is 0 Å². The highest BCUT2D eigenvalue weighted by Crippen LogP contribution is 2.58. The van der Waals surface area contributed by atoms with Crippen molar-refractivity contribution in [2.75, 3.05) is 24.7 Å². The van der Waals surface area contributed by atoms with Crippen molar-refractivity contribution in [2.45, 2.75) is 30.2 Å². The van der Waals surface area contributed by atoms with Crippen molar-refractivity contribution in [1.29, 1.82) is 0 Å². The summed E-state index contributed by atoms with van der Waals surface area (Å²) in [5.74, 6) is -3.34. The van der Waals surface area contributed by atoms with Crippen LogP contribution in [-0.4, -0.2) is 64.8 Å². The Bertz CT molecular complexity index is 1340. The van der Waals surface area contributed by atoms with Gasteiger partial charge in [-0.15, -0.1) is 0 Å². The number of halogens is 1. The van der Waals surface area contributed by atoms with Crippen molar-refractivity contribution < 1.29 is 29.0 Å². The monoisotopic (exact) mass is 534 g/mol. The summed E-state index contributed by atoms with van der Waals surface area (Å²) in [6, 6.07) is 14.0. The molecule has 6 rings (SSSR count). The third-order valence-electron chi connectivity index (χ3n) is 8.08. The number of cyclic esters (lactones) is 1. The minimum Gasteiger partial charge on any atom is -0.461 e. The number of carbonyl (C=O) groups is 3. The molecule has 2 aromatic rings. The molecule has 0 bridgehead atoms. The van der Waals surface area contributed by atoms with Crippen LogP contribution in [0.1, 0.15) is 18.5 Å². The van der Waals surface area contributed by atoms with Gasteiger partial charge in [0, 0.05) is 17.3 Å². The average Bonchev–Trinajstić information content (AvgIpc) is 3.17. The summed E-state index contributed by atoms with van der Waals surface area (Å²) in [7, 11) is 0. The molecule has 6 atom stereocenters. The normalized spacial score (nSPS) is 32.8. The molecule has 9 heteroatoms. The van der Waals surface area contributed by atoms with E-state index < -0.39 is 53.6 Å². The maximum Gasteiger partial charge on any atom is 0.313 e. The van der Waals surface area contributed by atoms with Crippen LogP contribution >= 0.6 is 11.6 Å². The van der Waals surface area contributed by atoms with E-state index >= 15 is 0 Å². The van der Waals surface area contributed by atoms with Crippen LogP contribution in [0.5, 0.6) is 0 Å². The zero-order chi connectivity index (χ0) is 26.7. The Kier molecular flexibility index (Phi) is 5.94. The minimum absolute atomic E-state index is 0.0811. The Morgan fingerprint density at radius 2 is 1.74 bits per heavy atom. The molecule has 4 aliphatic heterocycles. The van der Waals surface area contributed by atoms with Crippen LogP contribution in [0, 0.1) is 11.8 Å². The number of anilines is 1. The van der Waals surface area contributed by atoms with Crippen LogP contribution in [0.25, 0.3) is 0 Å². The van der Waals surface area contributed by atoms with Crippen molar-refractivity contribution in [3.05, 3.63) is 89.5 Å². The summed E-state index contributed by atoms with van der Waals surface area (Å²) < 4.78 is 12.1. The third-order valence-corrected chi connectivity index (χ3v) is 8.33. The fraction of sp³-hybridized carbons (Fsp3) is 0.345. The summed E-state index contributed by atoms with van der Waals surface area (Å²) in [5, 5.41) is 11.1. The third kappa shape index (κ3) is 3.55. The second-order valence-corrected chi connectivity index (χ2v) is 10.6. The number of esters is 1. The zero-order valence-corrected chi connectivity index (χ0v) is 21.5. The fourth-order valence-corrected chi connectivity index (χ4v) is 6.64. The van der Waals surface area contributed by atoms with E-state index in [4.69, 9.17) is 21.1 Å². The van der Waals surface area contributed by atoms with Crippen LogP contribution < -0.4 is 4.90 Å². The lowest BCUT2D eigenvalue weighted by atomic mass is 9.75. The van der Waals surface area contributed by atoms with Crippen LogP contribution in [0.2, 0.25) is 5.02 Å². The van der Waals surface area contributed by atoms with E-state index in [-0.39, 0.29) is 19.1 Å². The SMILES string of the molecule is C[C@]12C=CCOC(=O)[C@H]1[C@H]1C(=O)N([C@H](CO)c3ccccc3)C3C(=O)N(c4ccc(Cl)cc4)CC=C[C@@]31O2. The number of benzene rings is 2. The first-order chi connectivity index (χ1) is 18.3. The van der Waals surface area contributed by atoms with Gasteiger partial charge >= 0.3 is 5.97 Å². The van der Waals surface area contributed by atoms with Gasteiger partial charge < -0.3 is 24.4 Å². The number of fused-ring (bicyclic) bond motifs is 2. The van der Waals surface area contributed by atoms with Gasteiger partial charge in [-0.3, -0.25) is 14.4 Å². The Morgan fingerprint density at radius 3 is 2.45 bits per heavy atom. The topological polar surface area (TPSA) is 96.4 Å². The van der Waals surface area contributed by atoms with Gasteiger partial charge in [0.15, 0.2) is 0 Å². The summed E-state index contributed by atoms with van der Waals surface area (Å²) in [6.07, 6.45) is 7.02. The van der Waals surface area contributed by atoms with E-state index in [1.54, 1.807) is 72.5 Å². The van der Waals surface area contributed by atoms with Crippen LogP contribution in [0.15, 0.2) is 78.9 Å². The molecule has 38 heavy (non-hydrogen) atoms. The lowest BCUT2D eigenvalue weighted by molar-refractivity contribution is -0.157. The largest absolute Gasteiger partial charge is 0.461 e.